The number of H-pyrrole nitrogens is 1. The number of nitrogens with one attached hydrogen (secondary N) is 4. The van der Waals surface area contributed by atoms with Crippen molar-refractivity contribution in [2.75, 3.05) is 25.0 Å². The van der Waals surface area contributed by atoms with Crippen LogP contribution in [0.3, 0.4) is 0 Å². The number of aromatic amines is 1. The molecule has 1 aromatic heterocycles. The van der Waals surface area contributed by atoms with Crippen LogP contribution in [0.15, 0.2) is 9.79 Å². The standard InChI is InChI=1S/C23H36N6O5.C9H15NO/c1-6-8-25-21(32)33-9-7-17-15(2)27-19(28-18(17)30)29-20(31)26-13-23(5)11-16(34-14-24)10-22(3,4)12-23;1-9(2)5-3-4-8(6-9)10-7-11/h16H,6-13H2,1-5H3,(H,25,32)(H3,26,27,28,29,30,31);8H,3-6H2,1-2H3. The van der Waals surface area contributed by atoms with Gasteiger partial charge in [0.2, 0.25) is 12.0 Å². The van der Waals surface area contributed by atoms with Crippen LogP contribution in [-0.2, 0) is 20.7 Å². The highest BCUT2D eigenvalue weighted by Gasteiger charge is 2.42. The molecule has 0 bridgehead atoms. The number of aryl methyl sites for hydroxylation is 1. The molecule has 13 heteroatoms. The molecule has 2 saturated carbocycles. The molecule has 250 valence electrons. The van der Waals surface area contributed by atoms with Crippen molar-refractivity contribution >= 4 is 24.2 Å². The number of isocyanates is 1. The SMILES string of the molecule is CC1(C)CCCC(N=C=O)C1.CCCNC(=O)OCCc1c(C)nc(NC(=O)NCC2(C)CC(OC#N)CC(C)(C)C2)[nH]c1=O. The number of hydrogen-bond donors (Lipinski definition) is 4. The van der Waals surface area contributed by atoms with Crippen LogP contribution >= 0.6 is 0 Å². The van der Waals surface area contributed by atoms with Gasteiger partial charge in [-0.05, 0) is 68.1 Å². The number of amides is 3. The lowest BCUT2D eigenvalue weighted by Crippen LogP contribution is -2.46. The first-order chi connectivity index (χ1) is 21.1. The van der Waals surface area contributed by atoms with E-state index in [4.69, 9.17) is 14.7 Å². The number of urea groups is 1. The Morgan fingerprint density at radius 2 is 1.87 bits per heavy atom. The number of aliphatic imine (C=N–C) groups is 1. The molecule has 0 aromatic carbocycles. The Hall–Kier alpha value is -3.91. The smallest absolute Gasteiger partial charge is 0.407 e. The number of anilines is 1. The van der Waals surface area contributed by atoms with Crippen molar-refractivity contribution in [2.24, 2.45) is 21.2 Å². The van der Waals surface area contributed by atoms with E-state index >= 15 is 0 Å². The Labute approximate surface area is 266 Å². The van der Waals surface area contributed by atoms with E-state index in [1.54, 1.807) is 19.3 Å². The second-order valence-corrected chi connectivity index (χ2v) is 14.1. The molecule has 1 heterocycles. The summed E-state index contributed by atoms with van der Waals surface area (Å²) in [5, 5.41) is 16.9. The minimum Gasteiger partial charge on any atom is -0.449 e. The van der Waals surface area contributed by atoms with Crippen molar-refractivity contribution in [1.29, 1.82) is 5.26 Å². The molecule has 0 aliphatic heterocycles. The molecule has 2 fully saturated rings. The molecule has 2 aliphatic carbocycles. The van der Waals surface area contributed by atoms with Gasteiger partial charge < -0.3 is 20.1 Å². The third-order valence-corrected chi connectivity index (χ3v) is 8.27. The first kappa shape index (κ1) is 37.3. The van der Waals surface area contributed by atoms with Gasteiger partial charge in [-0.25, -0.2) is 24.4 Å². The highest BCUT2D eigenvalue weighted by Crippen LogP contribution is 2.46. The van der Waals surface area contributed by atoms with E-state index in [2.05, 4.69) is 65.5 Å². The summed E-state index contributed by atoms with van der Waals surface area (Å²) in [6.07, 6.45) is 10.6. The zero-order chi connectivity index (χ0) is 33.7. The van der Waals surface area contributed by atoms with Gasteiger partial charge in [-0.1, -0.05) is 48.0 Å². The van der Waals surface area contributed by atoms with Gasteiger partial charge in [0.15, 0.2) is 0 Å². The van der Waals surface area contributed by atoms with E-state index in [0.29, 0.717) is 36.2 Å². The van der Waals surface area contributed by atoms with Gasteiger partial charge in [-0.2, -0.15) is 5.26 Å². The van der Waals surface area contributed by atoms with Crippen molar-refractivity contribution < 1.29 is 23.9 Å². The zero-order valence-electron chi connectivity index (χ0n) is 27.9. The summed E-state index contributed by atoms with van der Waals surface area (Å²) < 4.78 is 10.3. The second kappa shape index (κ2) is 17.0. The van der Waals surface area contributed by atoms with Gasteiger partial charge in [0.1, 0.15) is 6.10 Å². The third-order valence-electron chi connectivity index (χ3n) is 8.27. The van der Waals surface area contributed by atoms with E-state index in [1.807, 2.05) is 6.92 Å². The van der Waals surface area contributed by atoms with Crippen LogP contribution in [0.25, 0.3) is 0 Å². The first-order valence-electron chi connectivity index (χ1n) is 15.8. The van der Waals surface area contributed by atoms with E-state index < -0.39 is 17.7 Å². The molecular weight excluding hydrogens is 578 g/mol. The number of nitrogens with zero attached hydrogens (tertiary/aromatic N) is 3. The molecule has 4 N–H and O–H groups in total. The minimum absolute atomic E-state index is 0.0210. The lowest BCUT2D eigenvalue weighted by Gasteiger charge is -2.45. The van der Waals surface area contributed by atoms with Crippen molar-refractivity contribution in [3.8, 4) is 6.26 Å². The Morgan fingerprint density at radius 3 is 2.49 bits per heavy atom. The summed E-state index contributed by atoms with van der Waals surface area (Å²) in [5.74, 6) is 0.0326. The van der Waals surface area contributed by atoms with E-state index in [1.165, 1.54) is 12.8 Å². The van der Waals surface area contributed by atoms with Crippen LogP contribution in [0.5, 0.6) is 0 Å². The molecule has 45 heavy (non-hydrogen) atoms. The lowest BCUT2D eigenvalue weighted by atomic mass is 9.63. The summed E-state index contributed by atoms with van der Waals surface area (Å²) in [6, 6.07) is -0.246. The van der Waals surface area contributed by atoms with E-state index in [9.17, 15) is 19.2 Å². The summed E-state index contributed by atoms with van der Waals surface area (Å²) in [5.41, 5.74) is 0.530. The molecule has 13 nitrogen and oxygen atoms in total. The summed E-state index contributed by atoms with van der Waals surface area (Å²) >= 11 is 0. The Morgan fingerprint density at radius 1 is 1.13 bits per heavy atom. The number of rotatable bonds is 10. The fourth-order valence-corrected chi connectivity index (χ4v) is 6.61. The average molecular weight is 630 g/mol. The fraction of sp³-hybridized carbons (Fsp3) is 0.750. The predicted molar refractivity (Wildman–Crippen MR) is 170 cm³/mol. The molecule has 1 aromatic rings. The van der Waals surface area contributed by atoms with Gasteiger partial charge in [0, 0.05) is 25.1 Å². The van der Waals surface area contributed by atoms with Crippen LogP contribution < -0.4 is 21.5 Å². The summed E-state index contributed by atoms with van der Waals surface area (Å²) in [6.45, 7) is 15.3. The quantitative estimate of drug-likeness (QED) is 0.153. The zero-order valence-corrected chi connectivity index (χ0v) is 27.9. The Kier molecular flexibility index (Phi) is 14.1. The fourth-order valence-electron chi connectivity index (χ4n) is 6.61. The summed E-state index contributed by atoms with van der Waals surface area (Å²) in [4.78, 5) is 57.0. The minimum atomic E-state index is -0.528. The average Bonchev–Trinajstić information content (AvgIpc) is 2.91. The topological polar surface area (TPSA) is 188 Å². The Bertz CT molecular complexity index is 1300. The highest BCUT2D eigenvalue weighted by atomic mass is 16.5. The van der Waals surface area contributed by atoms with E-state index in [0.717, 1.165) is 32.1 Å². The number of aromatic nitrogens is 2. The number of nitriles is 1. The maximum absolute atomic E-state index is 12.5. The van der Waals surface area contributed by atoms with Gasteiger partial charge >= 0.3 is 12.1 Å². The molecule has 3 rings (SSSR count). The van der Waals surface area contributed by atoms with Crippen LogP contribution in [0.4, 0.5) is 15.5 Å². The van der Waals surface area contributed by atoms with Crippen molar-refractivity contribution in [2.45, 2.75) is 118 Å². The van der Waals surface area contributed by atoms with Crippen molar-refractivity contribution in [3.05, 3.63) is 21.6 Å². The van der Waals surface area contributed by atoms with Crippen molar-refractivity contribution in [3.63, 3.8) is 0 Å². The molecule has 0 saturated heterocycles. The Balaban J connectivity index is 0.000000537. The molecular formula is C32H51N7O6. The maximum atomic E-state index is 12.5. The van der Waals surface area contributed by atoms with Crippen LogP contribution in [0.1, 0.15) is 104 Å². The second-order valence-electron chi connectivity index (χ2n) is 14.1. The monoisotopic (exact) mass is 629 g/mol. The van der Waals surface area contributed by atoms with Gasteiger partial charge in [-0.15, -0.1) is 0 Å². The molecule has 3 unspecified atom stereocenters. The van der Waals surface area contributed by atoms with Gasteiger partial charge in [-0.3, -0.25) is 15.1 Å². The van der Waals surface area contributed by atoms with Gasteiger partial charge in [0.25, 0.3) is 11.8 Å². The predicted octanol–water partition coefficient (Wildman–Crippen LogP) is 5.25. The largest absolute Gasteiger partial charge is 0.449 e. The van der Waals surface area contributed by atoms with E-state index in [-0.39, 0.29) is 42.0 Å². The number of carbonyl (C=O) groups excluding carboxylic acids is 3. The van der Waals surface area contributed by atoms with Crippen LogP contribution in [-0.4, -0.2) is 60.0 Å². The molecule has 3 atom stereocenters. The summed E-state index contributed by atoms with van der Waals surface area (Å²) in [7, 11) is 0. The normalized spacial score (nSPS) is 23.1. The highest BCUT2D eigenvalue weighted by molar-refractivity contribution is 5.87. The number of alkyl carbamates (subject to hydrolysis) is 1. The number of carbonyl (C=O) groups is 2. The lowest BCUT2D eigenvalue weighted by molar-refractivity contribution is -0.00938. The molecule has 2 aliphatic rings. The molecule has 0 radical (unpaired) electrons. The maximum Gasteiger partial charge on any atom is 0.407 e. The molecule has 0 spiro atoms. The third kappa shape index (κ3) is 13.3. The first-order valence-corrected chi connectivity index (χ1v) is 15.8. The van der Waals surface area contributed by atoms with Crippen LogP contribution in [0.2, 0.25) is 0 Å². The number of hydrogen-bond acceptors (Lipinski definition) is 9. The molecule has 3 amide bonds. The van der Waals surface area contributed by atoms with Crippen molar-refractivity contribution in [1.82, 2.24) is 20.6 Å². The van der Waals surface area contributed by atoms with Gasteiger partial charge in [0.05, 0.1) is 18.3 Å². The number of ether oxygens (including phenoxy) is 2. The van der Waals surface area contributed by atoms with Crippen LogP contribution in [0, 0.1) is 34.7 Å².